The van der Waals surface area contributed by atoms with Gasteiger partial charge in [-0.05, 0) is 64.5 Å². The maximum Gasteiger partial charge on any atom is 0.260 e. The molecule has 2 aliphatic rings. The van der Waals surface area contributed by atoms with E-state index in [1.54, 1.807) is 6.92 Å². The van der Waals surface area contributed by atoms with Gasteiger partial charge in [0.1, 0.15) is 17.8 Å². The molecule has 1 saturated heterocycles. The van der Waals surface area contributed by atoms with Crippen LogP contribution in [-0.2, 0) is 6.42 Å². The summed E-state index contributed by atoms with van der Waals surface area (Å²) in [6.07, 6.45) is -1.69. The van der Waals surface area contributed by atoms with E-state index < -0.39 is 62.1 Å². The largest absolute Gasteiger partial charge is 0.424 e. The maximum absolute atomic E-state index is 16.5. The highest BCUT2D eigenvalue weighted by atomic mass is 28.4. The first kappa shape index (κ1) is 35.6. The summed E-state index contributed by atoms with van der Waals surface area (Å²) in [5, 5.41) is 4.42. The van der Waals surface area contributed by atoms with E-state index in [-0.39, 0.29) is 23.5 Å². The molecule has 0 amide bonds. The maximum atomic E-state index is 16.5. The van der Waals surface area contributed by atoms with Crippen molar-refractivity contribution >= 4 is 29.6 Å². The third-order valence-electron chi connectivity index (χ3n) is 11.3. The zero-order valence-electron chi connectivity index (χ0n) is 29.1. The molecule has 10 heteroatoms. The van der Waals surface area contributed by atoms with Crippen molar-refractivity contribution in [1.82, 2.24) is 15.2 Å². The molecule has 0 bridgehead atoms. The van der Waals surface area contributed by atoms with Crippen molar-refractivity contribution < 1.29 is 26.7 Å². The van der Waals surface area contributed by atoms with Crippen LogP contribution in [0.5, 0.6) is 0 Å². The lowest BCUT2D eigenvalue weighted by Gasteiger charge is -2.44. The molecule has 2 aliphatic heterocycles. The van der Waals surface area contributed by atoms with Crippen LogP contribution in [0.15, 0.2) is 97.1 Å². The fraction of sp³-hybridized carbons (Fsp3) is 0.366. The van der Waals surface area contributed by atoms with E-state index in [4.69, 9.17) is 0 Å². The van der Waals surface area contributed by atoms with Crippen molar-refractivity contribution in [2.45, 2.75) is 69.2 Å². The van der Waals surface area contributed by atoms with E-state index >= 15 is 22.0 Å². The molecule has 3 heterocycles. The molecule has 7 rings (SSSR count). The van der Waals surface area contributed by atoms with E-state index in [2.05, 4.69) is 10.3 Å². The molecule has 4 nitrogen and oxygen atoms in total. The van der Waals surface area contributed by atoms with Gasteiger partial charge in [-0.15, -0.1) is 0 Å². The monoisotopic (exact) mass is 717 g/mol. The normalized spacial score (nSPS) is 19.5. The molecular formula is C41H44F5N3OSi. The Bertz CT molecular complexity index is 1940. The summed E-state index contributed by atoms with van der Waals surface area (Å²) in [6, 6.07) is 26.4. The van der Waals surface area contributed by atoms with E-state index in [0.29, 0.717) is 25.2 Å². The number of H-pyrrole nitrogens is 1. The number of hydrogen-bond acceptors (Lipinski definition) is 3. The van der Waals surface area contributed by atoms with Gasteiger partial charge in [0.25, 0.3) is 14.2 Å². The molecule has 0 spiro atoms. The van der Waals surface area contributed by atoms with Crippen LogP contribution >= 0.6 is 0 Å². The van der Waals surface area contributed by atoms with Crippen LogP contribution in [0, 0.1) is 17.6 Å². The highest BCUT2D eigenvalue weighted by molar-refractivity contribution is 6.98. The third-order valence-corrected chi connectivity index (χ3v) is 15.9. The number of aromatic nitrogens is 1. The molecule has 3 N–H and O–H groups in total. The summed E-state index contributed by atoms with van der Waals surface area (Å²) in [5.74, 6) is -5.59. The van der Waals surface area contributed by atoms with Crippen molar-refractivity contribution in [3.8, 4) is 0 Å². The highest BCUT2D eigenvalue weighted by Crippen LogP contribution is 2.47. The Morgan fingerprint density at radius 3 is 2.00 bits per heavy atom. The average molecular weight is 718 g/mol. The second kappa shape index (κ2) is 13.6. The minimum Gasteiger partial charge on any atom is -0.424 e. The van der Waals surface area contributed by atoms with Crippen molar-refractivity contribution in [3.63, 3.8) is 0 Å². The Balaban J connectivity index is 1.23. The minimum absolute atomic E-state index is 0.00235. The summed E-state index contributed by atoms with van der Waals surface area (Å²) in [7, 11) is -3.55. The fourth-order valence-electron chi connectivity index (χ4n) is 8.21. The lowest BCUT2D eigenvalue weighted by atomic mass is 9.86. The minimum atomic E-state index is -3.55. The summed E-state index contributed by atoms with van der Waals surface area (Å²) in [5.41, 5.74) is 1.58. The third kappa shape index (κ3) is 6.45. The quantitative estimate of drug-likeness (QED) is 0.0961. The van der Waals surface area contributed by atoms with Gasteiger partial charge in [-0.2, -0.15) is 0 Å². The number of rotatable bonds is 11. The van der Waals surface area contributed by atoms with Crippen molar-refractivity contribution in [1.29, 1.82) is 0 Å². The van der Waals surface area contributed by atoms with Crippen LogP contribution in [0.25, 0.3) is 10.9 Å². The average Bonchev–Trinajstić information content (AvgIpc) is 3.45. The SMILES string of the molecule is C[C@@H]1Cc2c([nH]c3ccccc23)[C@@H](c2c(F)cc(C(F)C3CNC3)cc2F)N1CC(F)(F)CCC(C)(C)[Si](O)(c1ccccc1)c1ccccc1. The molecule has 1 aromatic heterocycles. The molecule has 0 saturated carbocycles. The number of benzene rings is 4. The number of halogens is 5. The van der Waals surface area contributed by atoms with Crippen LogP contribution in [0.1, 0.15) is 68.2 Å². The number of nitrogens with one attached hydrogen (secondary N) is 2. The van der Waals surface area contributed by atoms with Crippen LogP contribution in [0.4, 0.5) is 22.0 Å². The predicted octanol–water partition coefficient (Wildman–Crippen LogP) is 7.96. The lowest BCUT2D eigenvalue weighted by Crippen LogP contribution is -2.65. The van der Waals surface area contributed by atoms with Crippen molar-refractivity contribution in [2.24, 2.45) is 5.92 Å². The second-order valence-electron chi connectivity index (χ2n) is 15.1. The number of nitrogens with zero attached hydrogens (tertiary/aromatic N) is 1. The fourth-order valence-corrected chi connectivity index (χ4v) is 11.9. The Morgan fingerprint density at radius 1 is 0.863 bits per heavy atom. The molecule has 1 fully saturated rings. The Labute approximate surface area is 296 Å². The second-order valence-corrected chi connectivity index (χ2v) is 19.0. The zero-order chi connectivity index (χ0) is 36.1. The van der Waals surface area contributed by atoms with Gasteiger partial charge in [0.2, 0.25) is 0 Å². The number of aromatic amines is 1. The number of alkyl halides is 3. The molecule has 5 aromatic rings. The summed E-state index contributed by atoms with van der Waals surface area (Å²) in [4.78, 5) is 17.4. The highest BCUT2D eigenvalue weighted by Gasteiger charge is 2.52. The molecule has 1 unspecified atom stereocenters. The molecule has 4 aromatic carbocycles. The molecular weight excluding hydrogens is 674 g/mol. The zero-order valence-corrected chi connectivity index (χ0v) is 30.1. The van der Waals surface area contributed by atoms with Gasteiger partial charge in [0.15, 0.2) is 0 Å². The first-order valence-electron chi connectivity index (χ1n) is 17.7. The van der Waals surface area contributed by atoms with E-state index in [1.807, 2.05) is 98.8 Å². The summed E-state index contributed by atoms with van der Waals surface area (Å²) >= 11 is 0. The Morgan fingerprint density at radius 2 is 1.43 bits per heavy atom. The van der Waals surface area contributed by atoms with Gasteiger partial charge < -0.3 is 15.1 Å². The first-order chi connectivity index (χ1) is 24.3. The summed E-state index contributed by atoms with van der Waals surface area (Å²) in [6.45, 7) is 5.58. The molecule has 0 radical (unpaired) electrons. The van der Waals surface area contributed by atoms with Crippen LogP contribution in [0.2, 0.25) is 5.04 Å². The van der Waals surface area contributed by atoms with Gasteiger partial charge >= 0.3 is 0 Å². The predicted molar refractivity (Wildman–Crippen MR) is 195 cm³/mol. The smallest absolute Gasteiger partial charge is 0.260 e. The van der Waals surface area contributed by atoms with Gasteiger partial charge in [-0.25, -0.2) is 22.0 Å². The Kier molecular flexibility index (Phi) is 9.50. The van der Waals surface area contributed by atoms with Crippen molar-refractivity contribution in [2.75, 3.05) is 19.6 Å². The summed E-state index contributed by atoms with van der Waals surface area (Å²) < 4.78 is 80.7. The van der Waals surface area contributed by atoms with Gasteiger partial charge in [0, 0.05) is 53.6 Å². The van der Waals surface area contributed by atoms with E-state index in [1.165, 1.54) is 4.90 Å². The standard InChI is InChI=1S/C41H44F5N3OSi/c1-26-20-32-31-16-10-11-17-35(31)48-38(32)39(36-33(42)21-27(22-34(36)43)37(44)28-23-47-24-28)49(26)25-41(45,46)19-18-40(2,3)51(50,29-12-6-4-7-13-29)30-14-8-5-9-15-30/h4-17,21-22,26,28,37,39,47-48,50H,18-20,23-25H2,1-3H3/t26-,37?,39-/m1/s1. The van der Waals surface area contributed by atoms with Gasteiger partial charge in [0.05, 0.1) is 12.6 Å². The van der Waals surface area contributed by atoms with Crippen LogP contribution in [0.3, 0.4) is 0 Å². The van der Waals surface area contributed by atoms with E-state index in [9.17, 15) is 4.80 Å². The molecule has 51 heavy (non-hydrogen) atoms. The lowest BCUT2D eigenvalue weighted by molar-refractivity contribution is -0.0615. The van der Waals surface area contributed by atoms with Crippen LogP contribution in [-0.4, -0.2) is 54.6 Å². The Hall–Kier alpha value is -3.83. The first-order valence-corrected chi connectivity index (χ1v) is 19.7. The molecule has 3 atom stereocenters. The number of hydrogen-bond donors (Lipinski definition) is 3. The molecule has 268 valence electrons. The van der Waals surface area contributed by atoms with Gasteiger partial charge in [-0.3, -0.25) is 4.90 Å². The van der Waals surface area contributed by atoms with Crippen molar-refractivity contribution in [3.05, 3.63) is 131 Å². The topological polar surface area (TPSA) is 51.3 Å². The van der Waals surface area contributed by atoms with Gasteiger partial charge in [-0.1, -0.05) is 92.7 Å². The van der Waals surface area contributed by atoms with E-state index in [0.717, 1.165) is 39.0 Å². The van der Waals surface area contributed by atoms with Crippen LogP contribution < -0.4 is 15.7 Å². The molecule has 0 aliphatic carbocycles. The number of para-hydroxylation sites is 1. The number of fused-ring (bicyclic) bond motifs is 3.